The Balaban J connectivity index is 2.66. The standard InChI is InChI=1S/C69H121NO10/c1-4-7-10-13-16-19-22-25-27-29-30-31-32-33-35-36-38-41-44-47-50-53-56-62(73)68(77)70-60(61(72)55-52-49-46-43-40-24-21-18-15-12-9-6-3)59-78-69-67(66(76)65(75)63(58-71)79-69)80-64(74)57-54-51-48-45-42-39-37-34-28-26-23-20-17-14-11-8-5-2/h8,11,17,20,25-28,37,39,45,48,52,55,60-63,65-67,69,71-73,75-76H,4-7,9-10,12-16,18-19,21-24,29-36,38,40-44,46-47,49-51,53-54,56-59H2,1-3H3,(H,70,77)/b11-8-,20-17-,27-25+,28-26-,39-37-,48-45-,55-52+. The number of carbonyl (C=O) groups excluding carboxylic acids is 2. The summed E-state index contributed by atoms with van der Waals surface area (Å²) in [6.07, 6.45) is 63.5. The molecule has 1 fully saturated rings. The highest BCUT2D eigenvalue weighted by atomic mass is 16.7. The van der Waals surface area contributed by atoms with E-state index in [-0.39, 0.29) is 19.4 Å². The first-order valence-corrected chi connectivity index (χ1v) is 32.9. The van der Waals surface area contributed by atoms with Crippen LogP contribution in [0.15, 0.2) is 85.1 Å². The van der Waals surface area contributed by atoms with Gasteiger partial charge in [0.2, 0.25) is 5.91 Å². The summed E-state index contributed by atoms with van der Waals surface area (Å²) in [6, 6.07) is -1.04. The van der Waals surface area contributed by atoms with Gasteiger partial charge in [-0.25, -0.2) is 0 Å². The SMILES string of the molecule is CC/C=C\C/C=C\C/C=C\C/C=C\C/C=C\CCCC(=O)OC1C(OCC(NC(=O)C(O)CCCCCCCCCCCCCC/C=C/CCCCCCCC)C(O)/C=C/CCCCCCCCCCCC)OC(CO)C(O)C1O. The first kappa shape index (κ1) is 74.9. The second kappa shape index (κ2) is 56.3. The molecule has 1 heterocycles. The molecule has 462 valence electrons. The number of aliphatic hydroxyl groups excluding tert-OH is 5. The van der Waals surface area contributed by atoms with E-state index in [0.29, 0.717) is 19.3 Å². The third-order valence-electron chi connectivity index (χ3n) is 15.0. The topological polar surface area (TPSA) is 175 Å². The van der Waals surface area contributed by atoms with Gasteiger partial charge in [0.15, 0.2) is 12.4 Å². The van der Waals surface area contributed by atoms with Crippen molar-refractivity contribution in [3.05, 3.63) is 85.1 Å². The van der Waals surface area contributed by atoms with E-state index in [1.807, 2.05) is 18.2 Å². The summed E-state index contributed by atoms with van der Waals surface area (Å²) in [4.78, 5) is 26.6. The molecule has 0 aromatic heterocycles. The third kappa shape index (κ3) is 43.5. The molecule has 1 amide bonds. The number of unbranched alkanes of at least 4 members (excludes halogenated alkanes) is 29. The van der Waals surface area contributed by atoms with Gasteiger partial charge in [0.05, 0.1) is 25.4 Å². The first-order chi connectivity index (χ1) is 39.2. The number of nitrogens with one attached hydrogen (secondary N) is 1. The van der Waals surface area contributed by atoms with Gasteiger partial charge in [-0.3, -0.25) is 9.59 Å². The molecule has 6 N–H and O–H groups in total. The molecule has 0 aliphatic carbocycles. The number of amides is 1. The Morgan fingerprint density at radius 2 is 0.900 bits per heavy atom. The number of esters is 1. The number of allylic oxidation sites excluding steroid dienone is 13. The zero-order valence-corrected chi connectivity index (χ0v) is 51.2. The minimum Gasteiger partial charge on any atom is -0.454 e. The maximum Gasteiger partial charge on any atom is 0.306 e. The number of rotatable bonds is 55. The molecule has 0 aromatic carbocycles. The van der Waals surface area contributed by atoms with Gasteiger partial charge >= 0.3 is 5.97 Å². The summed E-state index contributed by atoms with van der Waals surface area (Å²) in [7, 11) is 0. The van der Waals surface area contributed by atoms with Crippen molar-refractivity contribution in [3.8, 4) is 0 Å². The van der Waals surface area contributed by atoms with E-state index >= 15 is 0 Å². The van der Waals surface area contributed by atoms with E-state index in [4.69, 9.17) is 14.2 Å². The summed E-state index contributed by atoms with van der Waals surface area (Å²) < 4.78 is 17.6. The Bertz CT molecular complexity index is 1620. The smallest absolute Gasteiger partial charge is 0.306 e. The van der Waals surface area contributed by atoms with Gasteiger partial charge in [-0.05, 0) is 89.9 Å². The number of aliphatic hydroxyl groups is 5. The van der Waals surface area contributed by atoms with Gasteiger partial charge in [-0.15, -0.1) is 0 Å². The van der Waals surface area contributed by atoms with Crippen LogP contribution in [0.25, 0.3) is 0 Å². The number of carbonyl (C=O) groups is 2. The summed E-state index contributed by atoms with van der Waals surface area (Å²) >= 11 is 0. The lowest BCUT2D eigenvalue weighted by atomic mass is 9.99. The van der Waals surface area contributed by atoms with Crippen molar-refractivity contribution < 1.29 is 49.3 Å². The molecule has 0 bridgehead atoms. The average Bonchev–Trinajstić information content (AvgIpc) is 3.45. The molecule has 1 rings (SSSR count). The molecular weight excluding hydrogens is 1000 g/mol. The zero-order chi connectivity index (χ0) is 58.2. The van der Waals surface area contributed by atoms with Crippen molar-refractivity contribution in [1.82, 2.24) is 5.32 Å². The zero-order valence-electron chi connectivity index (χ0n) is 51.2. The van der Waals surface area contributed by atoms with E-state index in [9.17, 15) is 35.1 Å². The quantitative estimate of drug-likeness (QED) is 0.0195. The highest BCUT2D eigenvalue weighted by Crippen LogP contribution is 2.26. The highest BCUT2D eigenvalue weighted by molar-refractivity contribution is 5.80. The van der Waals surface area contributed by atoms with Gasteiger partial charge in [0.1, 0.15) is 24.4 Å². The molecule has 0 spiro atoms. The maximum absolute atomic E-state index is 13.5. The summed E-state index contributed by atoms with van der Waals surface area (Å²) in [5.74, 6) is -1.26. The highest BCUT2D eigenvalue weighted by Gasteiger charge is 2.47. The second-order valence-corrected chi connectivity index (χ2v) is 22.5. The molecule has 8 atom stereocenters. The van der Waals surface area contributed by atoms with Crippen LogP contribution in [0, 0.1) is 0 Å². The lowest BCUT2D eigenvalue weighted by Crippen LogP contribution is -2.61. The number of hydrogen-bond acceptors (Lipinski definition) is 10. The van der Waals surface area contributed by atoms with Crippen LogP contribution in [0.2, 0.25) is 0 Å². The molecule has 1 aliphatic rings. The van der Waals surface area contributed by atoms with E-state index in [1.54, 1.807) is 6.08 Å². The Morgan fingerprint density at radius 3 is 1.36 bits per heavy atom. The normalized spacial score (nSPS) is 19.3. The fourth-order valence-corrected chi connectivity index (χ4v) is 9.86. The molecule has 1 aliphatic heterocycles. The molecule has 8 unspecified atom stereocenters. The Hall–Kier alpha value is -3.16. The third-order valence-corrected chi connectivity index (χ3v) is 15.0. The van der Waals surface area contributed by atoms with Crippen molar-refractivity contribution in [2.24, 2.45) is 0 Å². The first-order valence-electron chi connectivity index (χ1n) is 32.9. The monoisotopic (exact) mass is 1120 g/mol. The lowest BCUT2D eigenvalue weighted by Gasteiger charge is -2.41. The second-order valence-electron chi connectivity index (χ2n) is 22.5. The van der Waals surface area contributed by atoms with Crippen molar-refractivity contribution in [1.29, 1.82) is 0 Å². The van der Waals surface area contributed by atoms with Crippen molar-refractivity contribution >= 4 is 11.9 Å². The fraction of sp³-hybridized carbons (Fsp3) is 0.768. The van der Waals surface area contributed by atoms with Crippen LogP contribution >= 0.6 is 0 Å². The van der Waals surface area contributed by atoms with Gasteiger partial charge < -0.3 is 45.1 Å². The predicted molar refractivity (Wildman–Crippen MR) is 333 cm³/mol. The summed E-state index contributed by atoms with van der Waals surface area (Å²) in [6.45, 7) is 5.65. The molecule has 11 heteroatoms. The average molecular weight is 1120 g/mol. The van der Waals surface area contributed by atoms with Crippen LogP contribution in [0.3, 0.4) is 0 Å². The molecule has 1 saturated heterocycles. The molecule has 80 heavy (non-hydrogen) atoms. The predicted octanol–water partition coefficient (Wildman–Crippen LogP) is 16.1. The lowest BCUT2D eigenvalue weighted by molar-refractivity contribution is -0.305. The van der Waals surface area contributed by atoms with Crippen LogP contribution in [0.1, 0.15) is 278 Å². The van der Waals surface area contributed by atoms with Crippen LogP contribution in [0.4, 0.5) is 0 Å². The van der Waals surface area contributed by atoms with Crippen molar-refractivity contribution in [2.45, 2.75) is 327 Å². The maximum atomic E-state index is 13.5. The Morgan fingerprint density at radius 1 is 0.500 bits per heavy atom. The van der Waals surface area contributed by atoms with Crippen LogP contribution < -0.4 is 5.32 Å². The largest absolute Gasteiger partial charge is 0.454 e. The minimum atomic E-state index is -1.64. The van der Waals surface area contributed by atoms with Crippen LogP contribution in [-0.2, 0) is 23.8 Å². The minimum absolute atomic E-state index is 0.0427. The van der Waals surface area contributed by atoms with Gasteiger partial charge in [-0.1, -0.05) is 266 Å². The Labute approximate surface area is 489 Å². The molecule has 0 aromatic rings. The van der Waals surface area contributed by atoms with E-state index in [1.165, 1.54) is 154 Å². The van der Waals surface area contributed by atoms with Crippen LogP contribution in [0.5, 0.6) is 0 Å². The van der Waals surface area contributed by atoms with Gasteiger partial charge in [-0.2, -0.15) is 0 Å². The van der Waals surface area contributed by atoms with E-state index in [2.05, 4.69) is 86.8 Å². The number of hydrogen-bond donors (Lipinski definition) is 6. The molecular formula is C69H121NO10. The molecule has 0 saturated carbocycles. The van der Waals surface area contributed by atoms with Gasteiger partial charge in [0, 0.05) is 6.42 Å². The number of ether oxygens (including phenoxy) is 3. The van der Waals surface area contributed by atoms with E-state index < -0.39 is 67.4 Å². The molecule has 0 radical (unpaired) electrons. The Kier molecular flexibility index (Phi) is 52.7. The van der Waals surface area contributed by atoms with Gasteiger partial charge in [0.25, 0.3) is 0 Å². The molecule has 11 nitrogen and oxygen atoms in total. The van der Waals surface area contributed by atoms with E-state index in [0.717, 1.165) is 70.6 Å². The van der Waals surface area contributed by atoms with Crippen LogP contribution in [-0.4, -0.2) is 99.6 Å². The summed E-state index contributed by atoms with van der Waals surface area (Å²) in [5, 5.41) is 57.0. The summed E-state index contributed by atoms with van der Waals surface area (Å²) in [5.41, 5.74) is 0. The van der Waals surface area contributed by atoms with Crippen molar-refractivity contribution in [2.75, 3.05) is 13.2 Å². The fourth-order valence-electron chi connectivity index (χ4n) is 9.86. The van der Waals surface area contributed by atoms with Crippen molar-refractivity contribution in [3.63, 3.8) is 0 Å².